The summed E-state index contributed by atoms with van der Waals surface area (Å²) in [6, 6.07) is 19.1. The second kappa shape index (κ2) is 6.31. The fraction of sp³-hybridized carbons (Fsp3) is 0.278. The van der Waals surface area contributed by atoms with Crippen LogP contribution in [0.2, 0.25) is 0 Å². The Bertz CT molecular complexity index is 626. The molecule has 3 rings (SSSR count). The first-order chi connectivity index (χ1) is 10.3. The van der Waals surface area contributed by atoms with Gasteiger partial charge in [0.1, 0.15) is 5.88 Å². The van der Waals surface area contributed by atoms with E-state index in [9.17, 15) is 4.79 Å². The van der Waals surface area contributed by atoms with Gasteiger partial charge in [-0.1, -0.05) is 54.6 Å². The predicted octanol–water partition coefficient (Wildman–Crippen LogP) is 3.49. The highest BCUT2D eigenvalue weighted by Gasteiger charge is 2.28. The van der Waals surface area contributed by atoms with Crippen LogP contribution in [0.4, 0.5) is 0 Å². The number of hydrogen-bond acceptors (Lipinski definition) is 1. The predicted molar refractivity (Wildman–Crippen MR) is 85.7 cm³/mol. The lowest BCUT2D eigenvalue weighted by molar-refractivity contribution is -0.119. The van der Waals surface area contributed by atoms with Crippen LogP contribution in [0.25, 0.3) is 0 Å². The van der Waals surface area contributed by atoms with Gasteiger partial charge in [0.25, 0.3) is 0 Å². The second-order valence-electron chi connectivity index (χ2n) is 5.50. The minimum Gasteiger partial charge on any atom is -0.352 e. The maximum atomic E-state index is 11.6. The number of alkyl halides is 1. The molecular formula is C18H18ClNO. The summed E-state index contributed by atoms with van der Waals surface area (Å²) in [5.41, 5.74) is 3.99. The number of nitrogens with one attached hydrogen (secondary N) is 1. The highest BCUT2D eigenvalue weighted by molar-refractivity contribution is 6.27. The SMILES string of the molecule is O=C(CCl)NC1Cc2ccccc2C(c2ccccc2)C1. The van der Waals surface area contributed by atoms with Crippen molar-refractivity contribution in [3.8, 4) is 0 Å². The molecule has 1 amide bonds. The van der Waals surface area contributed by atoms with Gasteiger partial charge in [-0.15, -0.1) is 11.6 Å². The molecule has 1 aliphatic rings. The quantitative estimate of drug-likeness (QED) is 0.864. The molecule has 0 spiro atoms. The summed E-state index contributed by atoms with van der Waals surface area (Å²) >= 11 is 5.61. The summed E-state index contributed by atoms with van der Waals surface area (Å²) in [7, 11) is 0. The molecular weight excluding hydrogens is 282 g/mol. The topological polar surface area (TPSA) is 29.1 Å². The van der Waals surface area contributed by atoms with Crippen molar-refractivity contribution in [2.75, 3.05) is 5.88 Å². The van der Waals surface area contributed by atoms with E-state index < -0.39 is 0 Å². The second-order valence-corrected chi connectivity index (χ2v) is 5.77. The van der Waals surface area contributed by atoms with Gasteiger partial charge in [0.05, 0.1) is 0 Å². The van der Waals surface area contributed by atoms with Crippen LogP contribution in [0.5, 0.6) is 0 Å². The van der Waals surface area contributed by atoms with Crippen LogP contribution in [0.15, 0.2) is 54.6 Å². The average Bonchev–Trinajstić information content (AvgIpc) is 2.55. The molecule has 0 aromatic heterocycles. The molecule has 2 unspecified atom stereocenters. The van der Waals surface area contributed by atoms with Crippen molar-refractivity contribution < 1.29 is 4.79 Å². The Morgan fingerprint density at radius 2 is 1.81 bits per heavy atom. The molecule has 1 N–H and O–H groups in total. The summed E-state index contributed by atoms with van der Waals surface area (Å²) in [4.78, 5) is 11.6. The molecule has 3 heteroatoms. The number of fused-ring (bicyclic) bond motifs is 1. The van der Waals surface area contributed by atoms with Crippen LogP contribution >= 0.6 is 11.6 Å². The normalized spacial score (nSPS) is 20.6. The number of hydrogen-bond donors (Lipinski definition) is 1. The van der Waals surface area contributed by atoms with Crippen molar-refractivity contribution in [3.63, 3.8) is 0 Å². The van der Waals surface area contributed by atoms with E-state index in [2.05, 4.69) is 53.8 Å². The summed E-state index contributed by atoms with van der Waals surface area (Å²) in [6.45, 7) is 0. The fourth-order valence-electron chi connectivity index (χ4n) is 3.20. The van der Waals surface area contributed by atoms with Gasteiger partial charge in [0.15, 0.2) is 0 Å². The summed E-state index contributed by atoms with van der Waals surface area (Å²) in [6.07, 6.45) is 1.80. The lowest BCUT2D eigenvalue weighted by atomic mass is 9.77. The highest BCUT2D eigenvalue weighted by atomic mass is 35.5. The van der Waals surface area contributed by atoms with Gasteiger partial charge in [0, 0.05) is 12.0 Å². The zero-order valence-corrected chi connectivity index (χ0v) is 12.5. The smallest absolute Gasteiger partial charge is 0.235 e. The van der Waals surface area contributed by atoms with Gasteiger partial charge in [-0.2, -0.15) is 0 Å². The van der Waals surface area contributed by atoms with Gasteiger partial charge >= 0.3 is 0 Å². The van der Waals surface area contributed by atoms with E-state index in [-0.39, 0.29) is 17.8 Å². The van der Waals surface area contributed by atoms with E-state index in [1.165, 1.54) is 16.7 Å². The molecule has 2 atom stereocenters. The van der Waals surface area contributed by atoms with Crippen molar-refractivity contribution in [3.05, 3.63) is 71.3 Å². The molecule has 2 aromatic carbocycles. The maximum absolute atomic E-state index is 11.6. The molecule has 108 valence electrons. The van der Waals surface area contributed by atoms with Crippen molar-refractivity contribution in [1.82, 2.24) is 5.32 Å². The van der Waals surface area contributed by atoms with Crippen LogP contribution in [0.3, 0.4) is 0 Å². The molecule has 21 heavy (non-hydrogen) atoms. The van der Waals surface area contributed by atoms with Crippen LogP contribution in [0, 0.1) is 0 Å². The maximum Gasteiger partial charge on any atom is 0.235 e. The molecule has 0 bridgehead atoms. The number of carbonyl (C=O) groups excluding carboxylic acids is 1. The standard InChI is InChI=1S/C18H18ClNO/c19-12-18(21)20-15-10-14-8-4-5-9-16(14)17(11-15)13-6-2-1-3-7-13/h1-9,15,17H,10-12H2,(H,20,21). The molecule has 2 aromatic rings. The van der Waals surface area contributed by atoms with Gasteiger partial charge in [-0.25, -0.2) is 0 Å². The third-order valence-corrected chi connectivity index (χ3v) is 4.35. The molecule has 0 heterocycles. The van der Waals surface area contributed by atoms with E-state index in [0.717, 1.165) is 12.8 Å². The van der Waals surface area contributed by atoms with E-state index in [1.54, 1.807) is 0 Å². The zero-order chi connectivity index (χ0) is 14.7. The van der Waals surface area contributed by atoms with Crippen LogP contribution < -0.4 is 5.32 Å². The van der Waals surface area contributed by atoms with Crippen molar-refractivity contribution in [2.24, 2.45) is 0 Å². The minimum atomic E-state index is -0.0899. The fourth-order valence-corrected chi connectivity index (χ4v) is 3.27. The van der Waals surface area contributed by atoms with Gasteiger partial charge in [-0.3, -0.25) is 4.79 Å². The minimum absolute atomic E-state index is 0.0220. The largest absolute Gasteiger partial charge is 0.352 e. The average molecular weight is 300 g/mol. The Hall–Kier alpha value is -1.80. The Morgan fingerprint density at radius 1 is 1.10 bits per heavy atom. The summed E-state index contributed by atoms with van der Waals surface area (Å²) in [5, 5.41) is 3.04. The van der Waals surface area contributed by atoms with Gasteiger partial charge in [-0.05, 0) is 29.5 Å². The van der Waals surface area contributed by atoms with Crippen LogP contribution in [0.1, 0.15) is 29.0 Å². The number of amides is 1. The van der Waals surface area contributed by atoms with Crippen LogP contribution in [-0.4, -0.2) is 17.8 Å². The first-order valence-electron chi connectivity index (χ1n) is 7.26. The Morgan fingerprint density at radius 3 is 2.57 bits per heavy atom. The van der Waals surface area contributed by atoms with Crippen molar-refractivity contribution in [1.29, 1.82) is 0 Å². The highest BCUT2D eigenvalue weighted by Crippen LogP contribution is 2.36. The third-order valence-electron chi connectivity index (χ3n) is 4.11. The first kappa shape index (κ1) is 14.2. The zero-order valence-electron chi connectivity index (χ0n) is 11.8. The Kier molecular flexibility index (Phi) is 4.26. The Labute approximate surface area is 130 Å². The van der Waals surface area contributed by atoms with Gasteiger partial charge in [0.2, 0.25) is 5.91 Å². The first-order valence-corrected chi connectivity index (χ1v) is 7.79. The molecule has 0 fully saturated rings. The summed E-state index contributed by atoms with van der Waals surface area (Å²) < 4.78 is 0. The molecule has 0 aliphatic heterocycles. The van der Waals surface area contributed by atoms with Crippen molar-refractivity contribution in [2.45, 2.75) is 24.8 Å². The van der Waals surface area contributed by atoms with E-state index in [1.807, 2.05) is 6.07 Å². The van der Waals surface area contributed by atoms with Crippen LogP contribution in [-0.2, 0) is 11.2 Å². The van der Waals surface area contributed by atoms with E-state index >= 15 is 0 Å². The molecule has 0 saturated carbocycles. The monoisotopic (exact) mass is 299 g/mol. The molecule has 2 nitrogen and oxygen atoms in total. The molecule has 0 radical (unpaired) electrons. The van der Waals surface area contributed by atoms with E-state index in [0.29, 0.717) is 5.92 Å². The number of rotatable bonds is 3. The summed E-state index contributed by atoms with van der Waals surface area (Å²) in [5.74, 6) is 0.262. The molecule has 0 saturated heterocycles. The lowest BCUT2D eigenvalue weighted by Gasteiger charge is -2.32. The molecule has 1 aliphatic carbocycles. The number of halogens is 1. The van der Waals surface area contributed by atoms with E-state index in [4.69, 9.17) is 11.6 Å². The number of benzene rings is 2. The number of carbonyl (C=O) groups is 1. The van der Waals surface area contributed by atoms with Crippen molar-refractivity contribution >= 4 is 17.5 Å². The Balaban J connectivity index is 1.93. The van der Waals surface area contributed by atoms with Gasteiger partial charge < -0.3 is 5.32 Å². The lowest BCUT2D eigenvalue weighted by Crippen LogP contribution is -2.40. The third kappa shape index (κ3) is 3.11.